The molecule has 2 heterocycles. The lowest BCUT2D eigenvalue weighted by atomic mass is 10.2. The molecule has 1 unspecified atom stereocenters. The minimum absolute atomic E-state index is 0.0636. The second kappa shape index (κ2) is 8.23. The number of fused-ring (bicyclic) bond motifs is 1. The maximum Gasteiger partial charge on any atom is 0.249 e. The number of hydrogen-bond acceptors (Lipinski definition) is 6. The molecule has 1 aliphatic rings. The second-order valence-electron chi connectivity index (χ2n) is 7.12. The zero-order valence-corrected chi connectivity index (χ0v) is 17.5. The first-order valence-corrected chi connectivity index (χ1v) is 11.1. The van der Waals surface area contributed by atoms with Gasteiger partial charge in [0.2, 0.25) is 15.7 Å². The highest BCUT2D eigenvalue weighted by atomic mass is 32.2. The Morgan fingerprint density at radius 2 is 1.81 bits per heavy atom. The van der Waals surface area contributed by atoms with Crippen molar-refractivity contribution in [1.82, 2.24) is 10.3 Å². The summed E-state index contributed by atoms with van der Waals surface area (Å²) < 4.78 is 25.7. The molecule has 0 radical (unpaired) electrons. The third-order valence-corrected chi connectivity index (χ3v) is 6.73. The molecular weight excluding hydrogens is 414 g/mol. The van der Waals surface area contributed by atoms with Crippen molar-refractivity contribution in [3.8, 4) is 0 Å². The van der Waals surface area contributed by atoms with E-state index < -0.39 is 15.9 Å². The van der Waals surface area contributed by atoms with E-state index in [-0.39, 0.29) is 28.0 Å². The second-order valence-corrected chi connectivity index (χ2v) is 9.07. The van der Waals surface area contributed by atoms with Crippen LogP contribution in [0.15, 0.2) is 81.8 Å². The number of sulfone groups is 1. The fourth-order valence-corrected chi connectivity index (χ4v) is 4.54. The summed E-state index contributed by atoms with van der Waals surface area (Å²) in [6.07, 6.45) is 5.04. The number of hydrogen-bond donors (Lipinski definition) is 1. The van der Waals surface area contributed by atoms with Crippen molar-refractivity contribution in [2.75, 3.05) is 0 Å². The first kappa shape index (κ1) is 20.6. The number of pyridine rings is 1. The molecule has 0 fully saturated rings. The summed E-state index contributed by atoms with van der Waals surface area (Å²) in [4.78, 5) is 32.5. The average molecular weight is 433 g/mol. The van der Waals surface area contributed by atoms with Crippen LogP contribution >= 0.6 is 0 Å². The van der Waals surface area contributed by atoms with Gasteiger partial charge in [-0.2, -0.15) is 0 Å². The SMILES string of the molecule is CC(=O)c1cccc(S(=O)(=O)c2ccc(CNC(=O)C3C=c4cnccc4=N3)cc2)c1. The van der Waals surface area contributed by atoms with Crippen LogP contribution in [0.25, 0.3) is 6.08 Å². The van der Waals surface area contributed by atoms with E-state index in [0.29, 0.717) is 5.56 Å². The number of nitrogens with zero attached hydrogens (tertiary/aromatic N) is 2. The number of aromatic nitrogens is 1. The predicted octanol–water partition coefficient (Wildman–Crippen LogP) is 1.22. The molecule has 0 saturated carbocycles. The average Bonchev–Trinajstić information content (AvgIpc) is 3.22. The van der Waals surface area contributed by atoms with E-state index in [4.69, 9.17) is 0 Å². The molecule has 31 heavy (non-hydrogen) atoms. The van der Waals surface area contributed by atoms with Gasteiger partial charge in [0, 0.05) is 29.7 Å². The van der Waals surface area contributed by atoms with Crippen LogP contribution in [0, 0.1) is 0 Å². The highest BCUT2D eigenvalue weighted by Gasteiger charge is 2.20. The van der Waals surface area contributed by atoms with Crippen LogP contribution in [0.4, 0.5) is 0 Å². The van der Waals surface area contributed by atoms with E-state index in [9.17, 15) is 18.0 Å². The smallest absolute Gasteiger partial charge is 0.249 e. The van der Waals surface area contributed by atoms with Crippen molar-refractivity contribution >= 4 is 27.6 Å². The molecule has 0 saturated heterocycles. The zero-order chi connectivity index (χ0) is 22.0. The summed E-state index contributed by atoms with van der Waals surface area (Å²) in [5, 5.41) is 4.37. The Morgan fingerprint density at radius 3 is 2.52 bits per heavy atom. The number of carbonyl (C=O) groups is 2. The standard InChI is InChI=1S/C23H19N3O4S/c1-15(27)17-3-2-4-20(11-17)31(29,30)19-7-5-16(6-8-19)13-25-23(28)22-12-18-14-24-10-9-21(18)26-22/h2-12,14,22H,13H2,1H3,(H,25,28). The molecule has 1 N–H and O–H groups in total. The number of ketones is 1. The largest absolute Gasteiger partial charge is 0.350 e. The van der Waals surface area contributed by atoms with Crippen LogP contribution in [-0.2, 0) is 21.2 Å². The highest BCUT2D eigenvalue weighted by molar-refractivity contribution is 7.91. The van der Waals surface area contributed by atoms with Crippen LogP contribution in [0.3, 0.4) is 0 Å². The Bertz CT molecular complexity index is 1360. The van der Waals surface area contributed by atoms with Crippen LogP contribution in [0.2, 0.25) is 0 Å². The maximum atomic E-state index is 12.9. The third-order valence-electron chi connectivity index (χ3n) is 4.96. The van der Waals surface area contributed by atoms with E-state index >= 15 is 0 Å². The molecule has 0 spiro atoms. The van der Waals surface area contributed by atoms with Gasteiger partial charge in [-0.25, -0.2) is 8.42 Å². The molecule has 2 aromatic carbocycles. The minimum Gasteiger partial charge on any atom is -0.350 e. The molecule has 1 aromatic heterocycles. The molecule has 1 amide bonds. The van der Waals surface area contributed by atoms with Gasteiger partial charge in [-0.15, -0.1) is 0 Å². The minimum atomic E-state index is -3.75. The lowest BCUT2D eigenvalue weighted by Gasteiger charge is -2.09. The fourth-order valence-electron chi connectivity index (χ4n) is 3.24. The Kier molecular flexibility index (Phi) is 5.48. The van der Waals surface area contributed by atoms with Crippen molar-refractivity contribution < 1.29 is 18.0 Å². The summed E-state index contributed by atoms with van der Waals surface area (Å²) in [6, 6.07) is 13.4. The van der Waals surface area contributed by atoms with Gasteiger partial charge < -0.3 is 5.32 Å². The number of amides is 1. The molecule has 3 aromatic rings. The summed E-state index contributed by atoms with van der Waals surface area (Å²) in [7, 11) is -3.75. The van der Waals surface area contributed by atoms with Crippen LogP contribution in [0.1, 0.15) is 22.8 Å². The predicted molar refractivity (Wildman–Crippen MR) is 113 cm³/mol. The molecule has 7 nitrogen and oxygen atoms in total. The lowest BCUT2D eigenvalue weighted by Crippen LogP contribution is -2.31. The lowest BCUT2D eigenvalue weighted by molar-refractivity contribution is -0.121. The highest BCUT2D eigenvalue weighted by Crippen LogP contribution is 2.22. The molecule has 0 bridgehead atoms. The third kappa shape index (κ3) is 4.29. The van der Waals surface area contributed by atoms with Gasteiger partial charge >= 0.3 is 0 Å². The zero-order valence-electron chi connectivity index (χ0n) is 16.6. The van der Waals surface area contributed by atoms with Gasteiger partial charge in [0.05, 0.1) is 15.1 Å². The monoisotopic (exact) mass is 433 g/mol. The van der Waals surface area contributed by atoms with Crippen molar-refractivity contribution in [2.45, 2.75) is 29.3 Å². The number of nitrogens with one attached hydrogen (secondary N) is 1. The summed E-state index contributed by atoms with van der Waals surface area (Å²) in [5.74, 6) is -0.442. The number of benzene rings is 2. The topological polar surface area (TPSA) is 106 Å². The Labute approximate surface area is 179 Å². The Balaban J connectivity index is 1.45. The van der Waals surface area contributed by atoms with Crippen molar-refractivity contribution in [1.29, 1.82) is 0 Å². The van der Waals surface area contributed by atoms with Crippen LogP contribution < -0.4 is 15.9 Å². The van der Waals surface area contributed by atoms with Gasteiger partial charge in [0.25, 0.3) is 0 Å². The van der Waals surface area contributed by atoms with E-state index in [1.54, 1.807) is 48.8 Å². The van der Waals surface area contributed by atoms with E-state index in [1.165, 1.54) is 31.2 Å². The molecule has 156 valence electrons. The molecule has 1 atom stereocenters. The number of Topliss-reactive ketones (excluding diaryl/α,β-unsaturated/α-hetero) is 1. The van der Waals surface area contributed by atoms with Gasteiger partial charge in [0.15, 0.2) is 5.78 Å². The quantitative estimate of drug-likeness (QED) is 0.589. The van der Waals surface area contributed by atoms with Crippen molar-refractivity contribution in [2.24, 2.45) is 4.99 Å². The number of rotatable bonds is 6. The van der Waals surface area contributed by atoms with E-state index in [1.807, 2.05) is 0 Å². The van der Waals surface area contributed by atoms with Crippen molar-refractivity contribution in [3.05, 3.63) is 88.7 Å². The normalized spacial score (nSPS) is 14.8. The molecular formula is C23H19N3O4S. The first-order chi connectivity index (χ1) is 14.8. The molecule has 4 rings (SSSR count). The molecule has 8 heteroatoms. The first-order valence-electron chi connectivity index (χ1n) is 9.57. The van der Waals surface area contributed by atoms with Gasteiger partial charge in [-0.05, 0) is 48.9 Å². The maximum absolute atomic E-state index is 12.9. The van der Waals surface area contributed by atoms with Gasteiger partial charge in [-0.3, -0.25) is 19.6 Å². The summed E-state index contributed by atoms with van der Waals surface area (Å²) >= 11 is 0. The van der Waals surface area contributed by atoms with E-state index in [0.717, 1.165) is 16.1 Å². The Morgan fingerprint density at radius 1 is 1.03 bits per heavy atom. The van der Waals surface area contributed by atoms with Crippen molar-refractivity contribution in [3.63, 3.8) is 0 Å². The van der Waals surface area contributed by atoms with E-state index in [2.05, 4.69) is 15.3 Å². The Hall–Kier alpha value is -3.65. The molecule has 0 aliphatic carbocycles. The fraction of sp³-hybridized carbons (Fsp3) is 0.130. The van der Waals surface area contributed by atoms with Crippen LogP contribution in [0.5, 0.6) is 0 Å². The summed E-state index contributed by atoms with van der Waals surface area (Å²) in [5.41, 5.74) is 1.09. The molecule has 1 aliphatic heterocycles. The van der Waals surface area contributed by atoms with Gasteiger partial charge in [0.1, 0.15) is 6.04 Å². The number of carbonyl (C=O) groups excluding carboxylic acids is 2. The van der Waals surface area contributed by atoms with Crippen LogP contribution in [-0.4, -0.2) is 31.1 Å². The summed E-state index contributed by atoms with van der Waals surface area (Å²) in [6.45, 7) is 1.63. The van der Waals surface area contributed by atoms with Gasteiger partial charge in [-0.1, -0.05) is 24.3 Å².